The Morgan fingerprint density at radius 1 is 0.926 bits per heavy atom. The molecule has 138 valence electrons. The maximum Gasteiger partial charge on any atom is 0.257 e. The van der Waals surface area contributed by atoms with E-state index in [9.17, 15) is 9.59 Å². The summed E-state index contributed by atoms with van der Waals surface area (Å²) < 4.78 is 1.98. The first-order chi connectivity index (χ1) is 12.9. The second-order valence-corrected chi connectivity index (χ2v) is 6.62. The standard InChI is InChI=1S/C21H20ClN3O2/c1-13-11-18(14(2)25(13)16-8-6-7-15(22)12-16)21(27)24-19-10-5-4-9-17(19)20(26)23-3/h4-12H,1-3H3,(H,23,26)(H,24,27). The number of hydrogen-bond acceptors (Lipinski definition) is 2. The maximum absolute atomic E-state index is 12.9. The molecule has 2 aromatic carbocycles. The van der Waals surface area contributed by atoms with Gasteiger partial charge in [-0.1, -0.05) is 29.8 Å². The van der Waals surface area contributed by atoms with E-state index in [1.807, 2.05) is 48.7 Å². The quantitative estimate of drug-likeness (QED) is 0.705. The molecule has 0 fully saturated rings. The van der Waals surface area contributed by atoms with Gasteiger partial charge >= 0.3 is 0 Å². The molecule has 27 heavy (non-hydrogen) atoms. The number of nitrogens with zero attached hydrogens (tertiary/aromatic N) is 1. The van der Waals surface area contributed by atoms with E-state index in [1.54, 1.807) is 31.3 Å². The zero-order valence-corrected chi connectivity index (χ0v) is 16.1. The molecule has 0 spiro atoms. The summed E-state index contributed by atoms with van der Waals surface area (Å²) in [5.41, 5.74) is 4.03. The van der Waals surface area contributed by atoms with E-state index in [4.69, 9.17) is 11.6 Å². The van der Waals surface area contributed by atoms with E-state index in [0.29, 0.717) is 21.8 Å². The van der Waals surface area contributed by atoms with E-state index in [-0.39, 0.29) is 11.8 Å². The predicted molar refractivity (Wildman–Crippen MR) is 108 cm³/mol. The number of para-hydroxylation sites is 1. The Balaban J connectivity index is 1.96. The summed E-state index contributed by atoms with van der Waals surface area (Å²) in [6.45, 7) is 3.82. The number of benzene rings is 2. The number of rotatable bonds is 4. The van der Waals surface area contributed by atoms with Crippen molar-refractivity contribution in [3.63, 3.8) is 0 Å². The first-order valence-electron chi connectivity index (χ1n) is 8.49. The van der Waals surface area contributed by atoms with Crippen LogP contribution in [0.25, 0.3) is 5.69 Å². The van der Waals surface area contributed by atoms with Crippen LogP contribution in [0.4, 0.5) is 5.69 Å². The average Bonchev–Trinajstić information content (AvgIpc) is 2.96. The van der Waals surface area contributed by atoms with Gasteiger partial charge in [0, 0.05) is 29.1 Å². The summed E-state index contributed by atoms with van der Waals surface area (Å²) in [5, 5.41) is 6.06. The van der Waals surface area contributed by atoms with Crippen LogP contribution in [-0.4, -0.2) is 23.4 Å². The van der Waals surface area contributed by atoms with Gasteiger partial charge in [-0.15, -0.1) is 0 Å². The SMILES string of the molecule is CNC(=O)c1ccccc1NC(=O)c1cc(C)n(-c2cccc(Cl)c2)c1C. The highest BCUT2D eigenvalue weighted by Crippen LogP contribution is 2.24. The summed E-state index contributed by atoms with van der Waals surface area (Å²) in [5.74, 6) is -0.525. The summed E-state index contributed by atoms with van der Waals surface area (Å²) in [7, 11) is 1.56. The van der Waals surface area contributed by atoms with Crippen molar-refractivity contribution in [2.75, 3.05) is 12.4 Å². The molecule has 5 nitrogen and oxygen atoms in total. The molecular weight excluding hydrogens is 362 g/mol. The fourth-order valence-corrected chi connectivity index (χ4v) is 3.30. The summed E-state index contributed by atoms with van der Waals surface area (Å²) in [4.78, 5) is 24.9. The first-order valence-corrected chi connectivity index (χ1v) is 8.87. The monoisotopic (exact) mass is 381 g/mol. The van der Waals surface area contributed by atoms with Crippen LogP contribution in [0.2, 0.25) is 5.02 Å². The van der Waals surface area contributed by atoms with Crippen LogP contribution in [0.15, 0.2) is 54.6 Å². The number of aromatic nitrogens is 1. The van der Waals surface area contributed by atoms with Gasteiger partial charge in [-0.3, -0.25) is 9.59 Å². The first kappa shape index (κ1) is 18.7. The third-order valence-corrected chi connectivity index (χ3v) is 4.62. The Hall–Kier alpha value is -3.05. The fourth-order valence-electron chi connectivity index (χ4n) is 3.12. The minimum Gasteiger partial charge on any atom is -0.355 e. The van der Waals surface area contributed by atoms with Crippen molar-refractivity contribution in [1.82, 2.24) is 9.88 Å². The predicted octanol–water partition coefficient (Wildman–Crippen LogP) is 4.36. The Bertz CT molecular complexity index is 1020. The molecule has 0 bridgehead atoms. The topological polar surface area (TPSA) is 63.1 Å². The van der Waals surface area contributed by atoms with Gasteiger partial charge < -0.3 is 15.2 Å². The number of hydrogen-bond donors (Lipinski definition) is 2. The summed E-state index contributed by atoms with van der Waals surface area (Å²) in [6.07, 6.45) is 0. The van der Waals surface area contributed by atoms with E-state index < -0.39 is 0 Å². The van der Waals surface area contributed by atoms with Gasteiger partial charge in [-0.25, -0.2) is 0 Å². The smallest absolute Gasteiger partial charge is 0.257 e. The van der Waals surface area contributed by atoms with E-state index in [1.165, 1.54) is 0 Å². The average molecular weight is 382 g/mol. The van der Waals surface area contributed by atoms with Crippen LogP contribution in [0.1, 0.15) is 32.1 Å². The number of carbonyl (C=O) groups excluding carboxylic acids is 2. The van der Waals surface area contributed by atoms with Crippen LogP contribution >= 0.6 is 11.6 Å². The van der Waals surface area contributed by atoms with Crippen LogP contribution in [0, 0.1) is 13.8 Å². The van der Waals surface area contributed by atoms with E-state index in [0.717, 1.165) is 17.1 Å². The Labute approximate surface area is 163 Å². The molecule has 0 aliphatic carbocycles. The minimum atomic E-state index is -0.271. The zero-order chi connectivity index (χ0) is 19.6. The lowest BCUT2D eigenvalue weighted by Gasteiger charge is -2.12. The van der Waals surface area contributed by atoms with Gasteiger partial charge in [0.05, 0.1) is 16.8 Å². The lowest BCUT2D eigenvalue weighted by atomic mass is 10.1. The van der Waals surface area contributed by atoms with Gasteiger partial charge in [0.2, 0.25) is 0 Å². The molecular formula is C21H20ClN3O2. The van der Waals surface area contributed by atoms with Crippen molar-refractivity contribution in [3.05, 3.63) is 82.1 Å². The Morgan fingerprint density at radius 3 is 2.37 bits per heavy atom. The van der Waals surface area contributed by atoms with Gasteiger partial charge in [0.15, 0.2) is 0 Å². The molecule has 0 saturated carbocycles. The van der Waals surface area contributed by atoms with Crippen molar-refractivity contribution in [3.8, 4) is 5.69 Å². The fraction of sp³-hybridized carbons (Fsp3) is 0.143. The molecule has 0 atom stereocenters. The van der Waals surface area contributed by atoms with Crippen LogP contribution in [-0.2, 0) is 0 Å². The van der Waals surface area contributed by atoms with Gasteiger partial charge in [0.1, 0.15) is 0 Å². The third kappa shape index (κ3) is 3.73. The molecule has 2 amide bonds. The molecule has 0 aliphatic rings. The van der Waals surface area contributed by atoms with Crippen molar-refractivity contribution < 1.29 is 9.59 Å². The number of amides is 2. The normalized spacial score (nSPS) is 10.5. The molecule has 2 N–H and O–H groups in total. The minimum absolute atomic E-state index is 0.254. The number of halogens is 1. The summed E-state index contributed by atoms with van der Waals surface area (Å²) in [6, 6.07) is 16.2. The second kappa shape index (κ2) is 7.68. The lowest BCUT2D eigenvalue weighted by molar-refractivity contribution is 0.0964. The van der Waals surface area contributed by atoms with Crippen molar-refractivity contribution in [1.29, 1.82) is 0 Å². The lowest BCUT2D eigenvalue weighted by Crippen LogP contribution is -2.21. The zero-order valence-electron chi connectivity index (χ0n) is 15.3. The van der Waals surface area contributed by atoms with Crippen molar-refractivity contribution >= 4 is 29.1 Å². The molecule has 1 aromatic heterocycles. The van der Waals surface area contributed by atoms with Crippen LogP contribution in [0.3, 0.4) is 0 Å². The largest absolute Gasteiger partial charge is 0.355 e. The molecule has 1 heterocycles. The third-order valence-electron chi connectivity index (χ3n) is 4.39. The highest BCUT2D eigenvalue weighted by Gasteiger charge is 2.19. The molecule has 0 saturated heterocycles. The molecule has 6 heteroatoms. The molecule has 0 aliphatic heterocycles. The maximum atomic E-state index is 12.9. The Kier molecular flexibility index (Phi) is 5.33. The van der Waals surface area contributed by atoms with Gasteiger partial charge in [0.25, 0.3) is 11.8 Å². The molecule has 3 rings (SSSR count). The number of aryl methyl sites for hydroxylation is 1. The van der Waals surface area contributed by atoms with Crippen molar-refractivity contribution in [2.24, 2.45) is 0 Å². The van der Waals surface area contributed by atoms with Crippen LogP contribution in [0.5, 0.6) is 0 Å². The van der Waals surface area contributed by atoms with Crippen LogP contribution < -0.4 is 10.6 Å². The second-order valence-electron chi connectivity index (χ2n) is 6.18. The summed E-state index contributed by atoms with van der Waals surface area (Å²) >= 11 is 6.11. The number of nitrogens with one attached hydrogen (secondary N) is 2. The van der Waals surface area contributed by atoms with Gasteiger partial charge in [-0.05, 0) is 50.2 Å². The molecule has 0 unspecified atom stereocenters. The number of carbonyl (C=O) groups is 2. The molecule has 3 aromatic rings. The number of anilines is 1. The highest BCUT2D eigenvalue weighted by molar-refractivity contribution is 6.30. The highest BCUT2D eigenvalue weighted by atomic mass is 35.5. The Morgan fingerprint density at radius 2 is 1.67 bits per heavy atom. The van der Waals surface area contributed by atoms with Crippen molar-refractivity contribution in [2.45, 2.75) is 13.8 Å². The van der Waals surface area contributed by atoms with Gasteiger partial charge in [-0.2, -0.15) is 0 Å². The van der Waals surface area contributed by atoms with E-state index in [2.05, 4.69) is 10.6 Å². The van der Waals surface area contributed by atoms with E-state index >= 15 is 0 Å². The molecule has 0 radical (unpaired) electrons.